The molecule has 0 saturated carbocycles. The van der Waals surface area contributed by atoms with E-state index in [9.17, 15) is 14.9 Å². The number of ether oxygens (including phenoxy) is 1. The van der Waals surface area contributed by atoms with Crippen molar-refractivity contribution in [1.82, 2.24) is 0 Å². The van der Waals surface area contributed by atoms with Crippen molar-refractivity contribution in [1.29, 1.82) is 0 Å². The maximum Gasteiger partial charge on any atom is 0.324 e. The molecule has 0 saturated heterocycles. The average Bonchev–Trinajstić information content (AvgIpc) is 2.29. The zero-order valence-electron chi connectivity index (χ0n) is 8.80. The van der Waals surface area contributed by atoms with Gasteiger partial charge in [-0.05, 0) is 0 Å². The van der Waals surface area contributed by atoms with Crippen LogP contribution in [0, 0.1) is 10.1 Å². The molecule has 1 aromatic carbocycles. The zero-order valence-corrected chi connectivity index (χ0v) is 10.3. The van der Waals surface area contributed by atoms with Crippen molar-refractivity contribution in [3.63, 3.8) is 0 Å². The van der Waals surface area contributed by atoms with Crippen LogP contribution in [0.5, 0.6) is 5.75 Å². The van der Waals surface area contributed by atoms with E-state index in [1.165, 1.54) is 0 Å². The number of nitrogens with two attached hydrogens (primary N) is 1. The summed E-state index contributed by atoms with van der Waals surface area (Å²) in [6.45, 7) is -0.422. The van der Waals surface area contributed by atoms with Crippen LogP contribution in [0.15, 0.2) is 12.1 Å². The normalized spacial score (nSPS) is 11.9. The lowest BCUT2D eigenvalue weighted by molar-refractivity contribution is -0.385. The minimum atomic E-state index is -1.29. The third-order valence-electron chi connectivity index (χ3n) is 1.93. The number of aliphatic carboxylic acids is 1. The van der Waals surface area contributed by atoms with Crippen molar-refractivity contribution in [2.24, 2.45) is 5.73 Å². The van der Waals surface area contributed by atoms with Crippen molar-refractivity contribution < 1.29 is 19.6 Å². The Kier molecular flexibility index (Phi) is 4.71. The monoisotopic (exact) mass is 294 g/mol. The van der Waals surface area contributed by atoms with Gasteiger partial charge in [-0.3, -0.25) is 14.9 Å². The molecule has 0 fully saturated rings. The van der Waals surface area contributed by atoms with Crippen molar-refractivity contribution in [2.45, 2.75) is 6.04 Å². The number of carboxylic acids is 1. The summed E-state index contributed by atoms with van der Waals surface area (Å²) in [6, 6.07) is 0.862. The standard InChI is InChI=1S/C9H8Cl2N2O5/c10-4-1-7(13(16)17)8(2-5(4)11)18-3-6(12)9(14)15/h1-2,6H,3,12H2,(H,14,15). The third-order valence-corrected chi connectivity index (χ3v) is 2.66. The molecular weight excluding hydrogens is 287 g/mol. The second-order valence-corrected chi connectivity index (χ2v) is 4.06. The van der Waals surface area contributed by atoms with Crippen LogP contribution in [-0.2, 0) is 4.79 Å². The zero-order chi connectivity index (χ0) is 13.9. The highest BCUT2D eigenvalue weighted by Crippen LogP contribution is 2.35. The molecular formula is C9H8Cl2N2O5. The molecule has 18 heavy (non-hydrogen) atoms. The van der Waals surface area contributed by atoms with Gasteiger partial charge in [0.1, 0.15) is 12.6 Å². The molecule has 1 rings (SSSR count). The highest BCUT2D eigenvalue weighted by atomic mass is 35.5. The quantitative estimate of drug-likeness (QED) is 0.630. The Morgan fingerprint density at radius 3 is 2.56 bits per heavy atom. The van der Waals surface area contributed by atoms with Gasteiger partial charge in [-0.2, -0.15) is 0 Å². The molecule has 9 heteroatoms. The topological polar surface area (TPSA) is 116 Å². The first kappa shape index (κ1) is 14.5. The van der Waals surface area contributed by atoms with E-state index in [2.05, 4.69) is 0 Å². The van der Waals surface area contributed by atoms with Crippen LogP contribution in [0.3, 0.4) is 0 Å². The summed E-state index contributed by atoms with van der Waals surface area (Å²) in [5, 5.41) is 19.3. The number of benzene rings is 1. The molecule has 3 N–H and O–H groups in total. The predicted molar refractivity (Wildman–Crippen MR) is 64.2 cm³/mol. The Labute approximate surface area is 111 Å². The first-order valence-corrected chi connectivity index (χ1v) is 5.33. The maximum absolute atomic E-state index is 10.7. The van der Waals surface area contributed by atoms with Gasteiger partial charge in [-0.25, -0.2) is 0 Å². The average molecular weight is 295 g/mol. The van der Waals surface area contributed by atoms with E-state index in [1.807, 2.05) is 0 Å². The summed E-state index contributed by atoms with van der Waals surface area (Å²) < 4.78 is 4.97. The molecule has 1 unspecified atom stereocenters. The van der Waals surface area contributed by atoms with Gasteiger partial charge in [0.15, 0.2) is 5.75 Å². The summed E-state index contributed by atoms with van der Waals surface area (Å²) >= 11 is 11.3. The highest BCUT2D eigenvalue weighted by Gasteiger charge is 2.20. The highest BCUT2D eigenvalue weighted by molar-refractivity contribution is 6.42. The summed E-state index contributed by atoms with van der Waals surface area (Å²) in [6.07, 6.45) is 0. The summed E-state index contributed by atoms with van der Waals surface area (Å²) in [5.41, 5.74) is 4.79. The Hall–Kier alpha value is -1.57. The van der Waals surface area contributed by atoms with Crippen LogP contribution >= 0.6 is 23.2 Å². The maximum atomic E-state index is 10.7. The lowest BCUT2D eigenvalue weighted by Crippen LogP contribution is -2.36. The number of halogens is 2. The van der Waals surface area contributed by atoms with E-state index in [4.69, 9.17) is 38.8 Å². The molecule has 0 amide bonds. The molecule has 0 radical (unpaired) electrons. The van der Waals surface area contributed by atoms with Gasteiger partial charge in [-0.15, -0.1) is 0 Å². The third kappa shape index (κ3) is 3.46. The van der Waals surface area contributed by atoms with E-state index in [1.54, 1.807) is 0 Å². The van der Waals surface area contributed by atoms with Crippen LogP contribution in [-0.4, -0.2) is 28.6 Å². The minimum Gasteiger partial charge on any atom is -0.484 e. The Morgan fingerprint density at radius 2 is 2.06 bits per heavy atom. The van der Waals surface area contributed by atoms with Gasteiger partial charge in [-0.1, -0.05) is 23.2 Å². The fraction of sp³-hybridized carbons (Fsp3) is 0.222. The minimum absolute atomic E-state index is 0.00162. The SMILES string of the molecule is NC(COc1cc(Cl)c(Cl)cc1[N+](=O)[O-])C(=O)O. The first-order chi connectivity index (χ1) is 8.32. The van der Waals surface area contributed by atoms with Gasteiger partial charge in [0, 0.05) is 12.1 Å². The Balaban J connectivity index is 2.97. The number of nitrogens with zero attached hydrogens (tertiary/aromatic N) is 1. The summed E-state index contributed by atoms with van der Waals surface area (Å²) in [5.74, 6) is -1.47. The molecule has 1 atom stereocenters. The van der Waals surface area contributed by atoms with Crippen molar-refractivity contribution in [3.8, 4) is 5.75 Å². The fourth-order valence-electron chi connectivity index (χ4n) is 1.03. The van der Waals surface area contributed by atoms with Crippen molar-refractivity contribution in [2.75, 3.05) is 6.61 Å². The van der Waals surface area contributed by atoms with E-state index in [0.717, 1.165) is 12.1 Å². The van der Waals surface area contributed by atoms with E-state index in [-0.39, 0.29) is 15.8 Å². The Morgan fingerprint density at radius 1 is 1.50 bits per heavy atom. The van der Waals surface area contributed by atoms with Crippen LogP contribution in [0.4, 0.5) is 5.69 Å². The number of rotatable bonds is 5. The number of hydrogen-bond donors (Lipinski definition) is 2. The lowest BCUT2D eigenvalue weighted by Gasteiger charge is -2.10. The molecule has 7 nitrogen and oxygen atoms in total. The predicted octanol–water partition coefficient (Wildman–Crippen LogP) is 1.69. The second-order valence-electron chi connectivity index (χ2n) is 3.25. The van der Waals surface area contributed by atoms with Gasteiger partial charge in [0.25, 0.3) is 0 Å². The van der Waals surface area contributed by atoms with Crippen molar-refractivity contribution >= 4 is 34.9 Å². The molecule has 0 spiro atoms. The molecule has 0 aliphatic carbocycles. The van der Waals surface area contributed by atoms with Gasteiger partial charge >= 0.3 is 11.7 Å². The number of hydrogen-bond acceptors (Lipinski definition) is 5. The number of nitro benzene ring substituents is 1. The van der Waals surface area contributed by atoms with E-state index >= 15 is 0 Å². The second kappa shape index (κ2) is 5.85. The summed E-state index contributed by atoms with van der Waals surface area (Å²) in [4.78, 5) is 20.5. The van der Waals surface area contributed by atoms with Crippen LogP contribution < -0.4 is 10.5 Å². The molecule has 0 aliphatic heterocycles. The number of carboxylic acid groups (broad SMARTS) is 1. The Bertz CT molecular complexity index is 494. The molecule has 0 aliphatic rings. The van der Waals surface area contributed by atoms with Crippen LogP contribution in [0.2, 0.25) is 10.0 Å². The smallest absolute Gasteiger partial charge is 0.324 e. The van der Waals surface area contributed by atoms with Gasteiger partial charge < -0.3 is 15.6 Å². The lowest BCUT2D eigenvalue weighted by atomic mass is 10.3. The first-order valence-electron chi connectivity index (χ1n) is 4.57. The molecule has 0 aromatic heterocycles. The van der Waals surface area contributed by atoms with Crippen molar-refractivity contribution in [3.05, 3.63) is 32.3 Å². The largest absolute Gasteiger partial charge is 0.484 e. The number of nitro groups is 1. The van der Waals surface area contributed by atoms with Crippen LogP contribution in [0.1, 0.15) is 0 Å². The van der Waals surface area contributed by atoms with Crippen LogP contribution in [0.25, 0.3) is 0 Å². The van der Waals surface area contributed by atoms with Gasteiger partial charge in [0.05, 0.1) is 15.0 Å². The molecule has 1 aromatic rings. The molecule has 0 bridgehead atoms. The summed E-state index contributed by atoms with van der Waals surface area (Å²) in [7, 11) is 0. The van der Waals surface area contributed by atoms with E-state index < -0.39 is 29.2 Å². The molecule has 98 valence electrons. The fourth-order valence-corrected chi connectivity index (χ4v) is 1.34. The van der Waals surface area contributed by atoms with Gasteiger partial charge in [0.2, 0.25) is 0 Å². The molecule has 0 heterocycles. The number of carbonyl (C=O) groups is 1. The van der Waals surface area contributed by atoms with E-state index in [0.29, 0.717) is 0 Å².